The highest BCUT2D eigenvalue weighted by molar-refractivity contribution is 7.18. The number of esters is 1. The van der Waals surface area contributed by atoms with Crippen LogP contribution in [-0.4, -0.2) is 28.0 Å². The zero-order valence-corrected chi connectivity index (χ0v) is 21.3. The maximum Gasteiger partial charge on any atom is 0.341 e. The Labute approximate surface area is 205 Å². The number of fused-ring (bicyclic) bond motifs is 1. The number of nitrogens with zero attached hydrogens (tertiary/aromatic N) is 2. The van der Waals surface area contributed by atoms with Crippen LogP contribution < -0.4 is 10.9 Å². The number of nitrogens with one attached hydrogen (secondary N) is 1. The topological polar surface area (TPSA) is 90.3 Å². The summed E-state index contributed by atoms with van der Waals surface area (Å²) in [5.41, 5.74) is 3.61. The first-order valence-corrected chi connectivity index (χ1v) is 12.5. The Morgan fingerprint density at radius 1 is 1.12 bits per heavy atom. The lowest BCUT2D eigenvalue weighted by molar-refractivity contribution is -0.116. The number of ether oxygens (including phenoxy) is 1. The lowest BCUT2D eigenvalue weighted by atomic mass is 10.0. The second-order valence-corrected chi connectivity index (χ2v) is 10.1. The lowest BCUT2D eigenvalue weighted by Gasteiger charge is -2.11. The molecule has 4 rings (SSSR count). The largest absolute Gasteiger partial charge is 0.462 e. The van der Waals surface area contributed by atoms with Crippen LogP contribution in [0, 0.1) is 27.7 Å². The zero-order valence-electron chi connectivity index (χ0n) is 19.6. The molecule has 0 aliphatic rings. The average molecular weight is 496 g/mol. The Morgan fingerprint density at radius 3 is 2.50 bits per heavy atom. The molecule has 176 valence electrons. The first-order valence-electron chi connectivity index (χ1n) is 10.8. The van der Waals surface area contributed by atoms with E-state index >= 15 is 0 Å². The van der Waals surface area contributed by atoms with Gasteiger partial charge in [-0.15, -0.1) is 22.7 Å². The summed E-state index contributed by atoms with van der Waals surface area (Å²) in [5, 5.41) is 5.58. The van der Waals surface area contributed by atoms with Crippen molar-refractivity contribution in [1.29, 1.82) is 0 Å². The lowest BCUT2D eigenvalue weighted by Crippen LogP contribution is -2.30. The molecular formula is C25H25N3O4S2. The molecule has 1 N–H and O–H groups in total. The molecular weight excluding hydrogens is 470 g/mol. The van der Waals surface area contributed by atoms with Crippen LogP contribution in [0.3, 0.4) is 0 Å². The predicted octanol–water partition coefficient (Wildman–Crippen LogP) is 5.24. The van der Waals surface area contributed by atoms with Gasteiger partial charge in [0.25, 0.3) is 5.56 Å². The fraction of sp³-hybridized carbons (Fsp3) is 0.280. The Balaban J connectivity index is 1.67. The van der Waals surface area contributed by atoms with Gasteiger partial charge in [-0.3, -0.25) is 14.2 Å². The molecule has 3 heterocycles. The predicted molar refractivity (Wildman–Crippen MR) is 137 cm³/mol. The van der Waals surface area contributed by atoms with Crippen molar-refractivity contribution in [3.05, 3.63) is 67.4 Å². The van der Waals surface area contributed by atoms with Gasteiger partial charge in [0.2, 0.25) is 5.91 Å². The van der Waals surface area contributed by atoms with E-state index in [1.807, 2.05) is 50.4 Å². The van der Waals surface area contributed by atoms with Crippen molar-refractivity contribution in [2.24, 2.45) is 0 Å². The number of aromatic nitrogens is 2. The molecule has 0 saturated heterocycles. The number of carbonyl (C=O) groups is 2. The second kappa shape index (κ2) is 9.52. The third-order valence-electron chi connectivity index (χ3n) is 5.67. The van der Waals surface area contributed by atoms with Gasteiger partial charge in [0.15, 0.2) is 0 Å². The first-order chi connectivity index (χ1) is 16.2. The van der Waals surface area contributed by atoms with Crippen LogP contribution in [0.5, 0.6) is 0 Å². The van der Waals surface area contributed by atoms with Crippen LogP contribution in [-0.2, 0) is 16.1 Å². The van der Waals surface area contributed by atoms with E-state index in [2.05, 4.69) is 10.3 Å². The standard InChI is InChI=1S/C25H25N3O4S2/c1-6-32-25(31)21-18(17-9-7-13(2)8-10-17)12-33-22(21)27-19(29)11-28-16(5)26-23-20(24(28)30)14(3)15(4)34-23/h7-10,12H,6,11H2,1-5H3,(H,27,29). The Hall–Kier alpha value is -3.30. The highest BCUT2D eigenvalue weighted by Gasteiger charge is 2.23. The van der Waals surface area contributed by atoms with Crippen molar-refractivity contribution >= 4 is 49.8 Å². The van der Waals surface area contributed by atoms with Gasteiger partial charge in [-0.1, -0.05) is 29.8 Å². The number of hydrogen-bond acceptors (Lipinski definition) is 7. The summed E-state index contributed by atoms with van der Waals surface area (Å²) in [5.74, 6) is -0.458. The fourth-order valence-corrected chi connectivity index (χ4v) is 5.77. The smallest absolute Gasteiger partial charge is 0.341 e. The average Bonchev–Trinajstić information content (AvgIpc) is 3.32. The molecule has 0 aliphatic carbocycles. The zero-order chi connectivity index (χ0) is 24.6. The van der Waals surface area contributed by atoms with Crippen molar-refractivity contribution < 1.29 is 14.3 Å². The SMILES string of the molecule is CCOC(=O)c1c(-c2ccc(C)cc2)csc1NC(=O)Cn1c(C)nc2sc(C)c(C)c2c1=O. The molecule has 1 amide bonds. The molecule has 9 heteroatoms. The summed E-state index contributed by atoms with van der Waals surface area (Å²) < 4.78 is 6.64. The Bertz CT molecular complexity index is 1460. The normalized spacial score (nSPS) is 11.1. The van der Waals surface area contributed by atoms with Gasteiger partial charge >= 0.3 is 5.97 Å². The molecule has 0 fully saturated rings. The maximum atomic E-state index is 13.1. The number of benzene rings is 1. The number of carbonyl (C=O) groups excluding carboxylic acids is 2. The van der Waals surface area contributed by atoms with Gasteiger partial charge in [-0.2, -0.15) is 0 Å². The summed E-state index contributed by atoms with van der Waals surface area (Å²) in [6, 6.07) is 7.79. The van der Waals surface area contributed by atoms with Crippen LogP contribution in [0.1, 0.15) is 39.1 Å². The van der Waals surface area contributed by atoms with Gasteiger partial charge in [-0.05, 0) is 45.7 Å². The highest BCUT2D eigenvalue weighted by Crippen LogP contribution is 2.36. The fourth-order valence-electron chi connectivity index (χ4n) is 3.73. The Morgan fingerprint density at radius 2 is 1.82 bits per heavy atom. The first kappa shape index (κ1) is 23.8. The molecule has 1 aromatic carbocycles. The summed E-state index contributed by atoms with van der Waals surface area (Å²) in [7, 11) is 0. The van der Waals surface area contributed by atoms with Crippen LogP contribution >= 0.6 is 22.7 Å². The molecule has 0 spiro atoms. The molecule has 0 aliphatic heterocycles. The van der Waals surface area contributed by atoms with Crippen LogP contribution in [0.4, 0.5) is 5.00 Å². The molecule has 3 aromatic heterocycles. The minimum Gasteiger partial charge on any atom is -0.462 e. The number of hydrogen-bond donors (Lipinski definition) is 1. The van der Waals surface area contributed by atoms with Crippen molar-refractivity contribution in [3.63, 3.8) is 0 Å². The number of rotatable bonds is 6. The van der Waals surface area contributed by atoms with E-state index < -0.39 is 11.9 Å². The summed E-state index contributed by atoms with van der Waals surface area (Å²) in [6.45, 7) is 9.29. The van der Waals surface area contributed by atoms with Crippen LogP contribution in [0.15, 0.2) is 34.4 Å². The number of aryl methyl sites for hydroxylation is 4. The highest BCUT2D eigenvalue weighted by atomic mass is 32.1. The van der Waals surface area contributed by atoms with Crippen LogP contribution in [0.25, 0.3) is 21.3 Å². The van der Waals surface area contributed by atoms with E-state index in [0.717, 1.165) is 21.6 Å². The minimum atomic E-state index is -0.504. The quantitative estimate of drug-likeness (QED) is 0.370. The van der Waals surface area contributed by atoms with Crippen molar-refractivity contribution in [2.75, 3.05) is 11.9 Å². The molecule has 34 heavy (non-hydrogen) atoms. The number of anilines is 1. The van der Waals surface area contributed by atoms with Gasteiger partial charge in [0.05, 0.1) is 12.0 Å². The second-order valence-electron chi connectivity index (χ2n) is 8.00. The summed E-state index contributed by atoms with van der Waals surface area (Å²) in [4.78, 5) is 45.2. The van der Waals surface area contributed by atoms with Crippen molar-refractivity contribution in [2.45, 2.75) is 41.2 Å². The Kier molecular flexibility index (Phi) is 6.67. The number of thiophene rings is 2. The van der Waals surface area contributed by atoms with E-state index in [0.29, 0.717) is 32.2 Å². The third-order valence-corrected chi connectivity index (χ3v) is 7.66. The summed E-state index contributed by atoms with van der Waals surface area (Å²) >= 11 is 2.72. The van der Waals surface area contributed by atoms with Crippen molar-refractivity contribution in [1.82, 2.24) is 9.55 Å². The molecule has 0 atom stereocenters. The van der Waals surface area contributed by atoms with Gasteiger partial charge < -0.3 is 10.1 Å². The monoisotopic (exact) mass is 495 g/mol. The molecule has 7 nitrogen and oxygen atoms in total. The summed E-state index contributed by atoms with van der Waals surface area (Å²) in [6.07, 6.45) is 0. The van der Waals surface area contributed by atoms with Crippen molar-refractivity contribution in [3.8, 4) is 11.1 Å². The molecule has 0 saturated carbocycles. The molecule has 0 unspecified atom stereocenters. The van der Waals surface area contributed by atoms with Gasteiger partial charge in [0, 0.05) is 15.8 Å². The minimum absolute atomic E-state index is 0.206. The molecule has 4 aromatic rings. The van der Waals surface area contributed by atoms with Crippen LogP contribution in [0.2, 0.25) is 0 Å². The van der Waals surface area contributed by atoms with E-state index in [1.54, 1.807) is 13.8 Å². The number of amides is 1. The van der Waals surface area contributed by atoms with E-state index in [1.165, 1.54) is 27.2 Å². The van der Waals surface area contributed by atoms with E-state index in [-0.39, 0.29) is 18.7 Å². The maximum absolute atomic E-state index is 13.1. The van der Waals surface area contributed by atoms with Gasteiger partial charge in [0.1, 0.15) is 27.8 Å². The van der Waals surface area contributed by atoms with Gasteiger partial charge in [-0.25, -0.2) is 9.78 Å². The third kappa shape index (κ3) is 4.41. The molecule has 0 bridgehead atoms. The molecule has 0 radical (unpaired) electrons. The van der Waals surface area contributed by atoms with E-state index in [9.17, 15) is 14.4 Å². The van der Waals surface area contributed by atoms with E-state index in [4.69, 9.17) is 4.74 Å².